The molecule has 0 radical (unpaired) electrons. The van der Waals surface area contributed by atoms with Crippen LogP contribution in [-0.2, 0) is 4.79 Å². The molecule has 1 saturated heterocycles. The van der Waals surface area contributed by atoms with Crippen LogP contribution in [0.5, 0.6) is 0 Å². The van der Waals surface area contributed by atoms with Crippen molar-refractivity contribution in [1.29, 1.82) is 0 Å². The zero-order valence-electron chi connectivity index (χ0n) is 15.1. The van der Waals surface area contributed by atoms with Gasteiger partial charge in [-0.1, -0.05) is 29.3 Å². The molecule has 6 heteroatoms. The van der Waals surface area contributed by atoms with Crippen LogP contribution in [0.3, 0.4) is 0 Å². The van der Waals surface area contributed by atoms with Crippen LogP contribution in [0.25, 0.3) is 0 Å². The predicted octanol–water partition coefficient (Wildman–Crippen LogP) is 4.36. The van der Waals surface area contributed by atoms with E-state index in [-0.39, 0.29) is 12.1 Å². The molecule has 1 atom stereocenters. The van der Waals surface area contributed by atoms with Gasteiger partial charge in [0.15, 0.2) is 0 Å². The van der Waals surface area contributed by atoms with Gasteiger partial charge in [-0.3, -0.25) is 4.79 Å². The van der Waals surface area contributed by atoms with Crippen LogP contribution in [0.4, 0.5) is 5.69 Å². The topological polar surface area (TPSA) is 43.8 Å². The normalized spacial score (nSPS) is 26.6. The number of carbonyl (C=O) groups excluding carboxylic acids is 1. The number of amides is 1. The summed E-state index contributed by atoms with van der Waals surface area (Å²) in [6.07, 6.45) is 7.56. The van der Waals surface area contributed by atoms with Gasteiger partial charge in [-0.2, -0.15) is 0 Å². The number of hydrogen-bond donors (Lipinski definition) is 1. The fourth-order valence-electron chi connectivity index (χ4n) is 4.30. The summed E-state index contributed by atoms with van der Waals surface area (Å²) >= 11 is 12.6. The predicted molar refractivity (Wildman–Crippen MR) is 107 cm³/mol. The molecule has 1 saturated carbocycles. The number of piperidine rings is 1. The van der Waals surface area contributed by atoms with Gasteiger partial charge in [0, 0.05) is 25.7 Å². The summed E-state index contributed by atoms with van der Waals surface area (Å²) in [5.74, 6) is 0.551. The molecule has 2 fully saturated rings. The third kappa shape index (κ3) is 4.85. The second-order valence-corrected chi connectivity index (χ2v) is 8.41. The minimum absolute atomic E-state index is 0.186. The summed E-state index contributed by atoms with van der Waals surface area (Å²) in [7, 11) is 0. The first-order chi connectivity index (χ1) is 12.6. The van der Waals surface area contributed by atoms with E-state index in [1.807, 2.05) is 23.1 Å². The largest absolute Gasteiger partial charge is 0.393 e. The number of aliphatic hydroxyl groups excluding tert-OH is 1. The van der Waals surface area contributed by atoms with Crippen molar-refractivity contribution in [3.63, 3.8) is 0 Å². The van der Waals surface area contributed by atoms with E-state index in [9.17, 15) is 9.90 Å². The van der Waals surface area contributed by atoms with Crippen LogP contribution in [0.2, 0.25) is 10.0 Å². The van der Waals surface area contributed by atoms with Gasteiger partial charge in [-0.15, -0.1) is 0 Å². The van der Waals surface area contributed by atoms with E-state index in [0.29, 0.717) is 16.0 Å². The smallest absolute Gasteiger partial charge is 0.209 e. The highest BCUT2D eigenvalue weighted by molar-refractivity contribution is 6.43. The van der Waals surface area contributed by atoms with Crippen molar-refractivity contribution in [2.45, 2.75) is 57.1 Å². The molecule has 144 valence electrons. The zero-order valence-corrected chi connectivity index (χ0v) is 16.6. The number of hydrogen-bond acceptors (Lipinski definition) is 3. The SMILES string of the molecule is O=CN(CCC1CCCN(c2cccc(Cl)c2Cl)C1)C1CCC(O)CC1. The molecule has 1 unspecified atom stereocenters. The van der Waals surface area contributed by atoms with Crippen molar-refractivity contribution in [2.75, 3.05) is 24.5 Å². The van der Waals surface area contributed by atoms with Gasteiger partial charge < -0.3 is 14.9 Å². The van der Waals surface area contributed by atoms with Gasteiger partial charge in [0.25, 0.3) is 0 Å². The lowest BCUT2D eigenvalue weighted by molar-refractivity contribution is -0.121. The number of carbonyl (C=O) groups is 1. The Morgan fingerprint density at radius 2 is 1.96 bits per heavy atom. The molecule has 1 aliphatic heterocycles. The fourth-order valence-corrected chi connectivity index (χ4v) is 4.71. The van der Waals surface area contributed by atoms with Gasteiger partial charge >= 0.3 is 0 Å². The Labute approximate surface area is 166 Å². The van der Waals surface area contributed by atoms with Crippen molar-refractivity contribution in [1.82, 2.24) is 4.90 Å². The summed E-state index contributed by atoms with van der Waals surface area (Å²) in [5, 5.41) is 10.9. The minimum atomic E-state index is -0.186. The third-order valence-corrected chi connectivity index (χ3v) is 6.67. The first-order valence-corrected chi connectivity index (χ1v) is 10.4. The number of anilines is 1. The molecule has 0 bridgehead atoms. The quantitative estimate of drug-likeness (QED) is 0.723. The molecular formula is C20H28Cl2N2O2. The van der Waals surface area contributed by atoms with E-state index in [2.05, 4.69) is 4.90 Å². The Balaban J connectivity index is 1.54. The average Bonchev–Trinajstić information content (AvgIpc) is 2.66. The van der Waals surface area contributed by atoms with Crippen LogP contribution in [0.1, 0.15) is 44.9 Å². The highest BCUT2D eigenvalue weighted by Crippen LogP contribution is 2.35. The van der Waals surface area contributed by atoms with E-state index < -0.39 is 0 Å². The maximum Gasteiger partial charge on any atom is 0.209 e. The van der Waals surface area contributed by atoms with E-state index in [4.69, 9.17) is 23.2 Å². The van der Waals surface area contributed by atoms with Crippen LogP contribution >= 0.6 is 23.2 Å². The van der Waals surface area contributed by atoms with E-state index in [1.54, 1.807) is 0 Å². The van der Waals surface area contributed by atoms with E-state index >= 15 is 0 Å². The number of benzene rings is 1. The molecule has 2 aliphatic rings. The van der Waals surface area contributed by atoms with Crippen molar-refractivity contribution < 1.29 is 9.90 Å². The van der Waals surface area contributed by atoms with Crippen molar-refractivity contribution in [2.24, 2.45) is 5.92 Å². The second-order valence-electron chi connectivity index (χ2n) is 7.62. The lowest BCUT2D eigenvalue weighted by Gasteiger charge is -2.37. The molecule has 26 heavy (non-hydrogen) atoms. The average molecular weight is 399 g/mol. The number of aliphatic hydroxyl groups is 1. The monoisotopic (exact) mass is 398 g/mol. The van der Waals surface area contributed by atoms with Gasteiger partial charge in [-0.05, 0) is 63.0 Å². The molecular weight excluding hydrogens is 371 g/mol. The first kappa shape index (κ1) is 19.8. The molecule has 0 aromatic heterocycles. The summed E-state index contributed by atoms with van der Waals surface area (Å²) < 4.78 is 0. The highest BCUT2D eigenvalue weighted by Gasteiger charge is 2.26. The standard InChI is InChI=1S/C20H28Cl2N2O2/c21-18-4-1-5-19(20(18)22)23-11-2-3-15(13-23)10-12-24(14-25)16-6-8-17(26)9-7-16/h1,4-5,14-17,26H,2-3,6-13H2. The first-order valence-electron chi connectivity index (χ1n) is 9.66. The van der Waals surface area contributed by atoms with Crippen LogP contribution in [-0.4, -0.2) is 48.2 Å². The molecule has 4 nitrogen and oxygen atoms in total. The fraction of sp³-hybridized carbons (Fsp3) is 0.650. The maximum absolute atomic E-state index is 11.5. The van der Waals surface area contributed by atoms with Crippen molar-refractivity contribution in [3.05, 3.63) is 28.2 Å². The van der Waals surface area contributed by atoms with Gasteiger partial charge in [-0.25, -0.2) is 0 Å². The lowest BCUT2D eigenvalue weighted by atomic mass is 9.90. The number of nitrogens with zero attached hydrogens (tertiary/aromatic N) is 2. The van der Waals surface area contributed by atoms with Gasteiger partial charge in [0.1, 0.15) is 0 Å². The summed E-state index contributed by atoms with van der Waals surface area (Å²) in [5.41, 5.74) is 1.01. The molecule has 1 aromatic carbocycles. The maximum atomic E-state index is 11.5. The van der Waals surface area contributed by atoms with Crippen LogP contribution in [0.15, 0.2) is 18.2 Å². The molecule has 1 aromatic rings. The zero-order chi connectivity index (χ0) is 18.5. The number of halogens is 2. The lowest BCUT2D eigenvalue weighted by Crippen LogP contribution is -2.41. The summed E-state index contributed by atoms with van der Waals surface area (Å²) in [6.45, 7) is 2.75. The molecule has 3 rings (SSSR count). The molecule has 1 aliphatic carbocycles. The Bertz CT molecular complexity index is 605. The Morgan fingerprint density at radius 3 is 2.69 bits per heavy atom. The summed E-state index contributed by atoms with van der Waals surface area (Å²) in [4.78, 5) is 15.8. The van der Waals surface area contributed by atoms with Gasteiger partial charge in [0.2, 0.25) is 6.41 Å². The number of rotatable bonds is 6. The Morgan fingerprint density at radius 1 is 1.19 bits per heavy atom. The third-order valence-electron chi connectivity index (χ3n) is 5.86. The van der Waals surface area contributed by atoms with E-state index in [1.165, 1.54) is 6.42 Å². The van der Waals surface area contributed by atoms with Crippen LogP contribution < -0.4 is 4.90 Å². The molecule has 1 amide bonds. The van der Waals surface area contributed by atoms with Gasteiger partial charge in [0.05, 0.1) is 21.8 Å². The van der Waals surface area contributed by atoms with Crippen molar-refractivity contribution in [3.8, 4) is 0 Å². The Hall–Kier alpha value is -0.970. The van der Waals surface area contributed by atoms with E-state index in [0.717, 1.165) is 70.3 Å². The van der Waals surface area contributed by atoms with Crippen LogP contribution in [0, 0.1) is 5.92 Å². The second kappa shape index (κ2) is 9.29. The van der Waals surface area contributed by atoms with Crippen molar-refractivity contribution >= 4 is 35.3 Å². The molecule has 1 N–H and O–H groups in total. The molecule has 0 spiro atoms. The summed E-state index contributed by atoms with van der Waals surface area (Å²) in [6, 6.07) is 6.08. The Kier molecular flexibility index (Phi) is 7.07. The minimum Gasteiger partial charge on any atom is -0.393 e. The highest BCUT2D eigenvalue weighted by atomic mass is 35.5. The molecule has 1 heterocycles.